The van der Waals surface area contributed by atoms with Gasteiger partial charge in [-0.25, -0.2) is 4.98 Å². The van der Waals surface area contributed by atoms with Crippen LogP contribution in [-0.4, -0.2) is 9.71 Å². The number of benzene rings is 2. The van der Waals surface area contributed by atoms with Gasteiger partial charge in [-0.15, -0.1) is 0 Å². The maximum absolute atomic E-state index is 12.7. The highest BCUT2D eigenvalue weighted by molar-refractivity contribution is 5.60. The summed E-state index contributed by atoms with van der Waals surface area (Å²) in [6.07, 6.45) is -1.56. The van der Waals surface area contributed by atoms with E-state index in [0.717, 1.165) is 22.4 Å². The summed E-state index contributed by atoms with van der Waals surface area (Å²) in [6.45, 7) is 0.240. The number of pyridine rings is 1. The van der Waals surface area contributed by atoms with Crippen molar-refractivity contribution in [1.29, 1.82) is 0 Å². The Bertz CT molecular complexity index is 1220. The van der Waals surface area contributed by atoms with Crippen molar-refractivity contribution < 1.29 is 22.4 Å². The first kappa shape index (κ1) is 20.3. The Hall–Kier alpha value is -4.01. The molecule has 2 heterocycles. The van der Waals surface area contributed by atoms with Crippen LogP contribution in [0.5, 0.6) is 0 Å². The number of oxazole rings is 1. The average Bonchev–Trinajstić information content (AvgIpc) is 3.22. The lowest BCUT2D eigenvalue weighted by Gasteiger charge is -2.09. The molecule has 0 aliphatic heterocycles. The zero-order chi connectivity index (χ0) is 21.8. The van der Waals surface area contributed by atoms with Crippen molar-refractivity contribution in [2.75, 3.05) is 5.32 Å². The molecule has 0 saturated heterocycles. The summed E-state index contributed by atoms with van der Waals surface area (Å²) >= 11 is 0. The molecule has 0 bridgehead atoms. The van der Waals surface area contributed by atoms with Crippen molar-refractivity contribution >= 4 is 11.7 Å². The van der Waals surface area contributed by atoms with Crippen molar-refractivity contribution in [2.45, 2.75) is 12.8 Å². The summed E-state index contributed by atoms with van der Waals surface area (Å²) in [6, 6.07) is 17.0. The molecular weight excluding hydrogens is 411 g/mol. The Morgan fingerprint density at radius 2 is 1.77 bits per heavy atom. The number of alkyl halides is 3. The fourth-order valence-corrected chi connectivity index (χ4v) is 2.78. The molecule has 0 unspecified atom stereocenters. The lowest BCUT2D eigenvalue weighted by molar-refractivity contribution is -0.137. The standard InChI is InChI=1S/C22H16F3N3O3/c23-22(24,25)17-8-6-16(7-9-17)19-13-26-21(31-19)27-18-10-11-28(20(29)12-18)30-14-15-4-2-1-3-5-15/h1-13H,14H2,(H,26,27). The second-order valence-electron chi connectivity index (χ2n) is 6.57. The number of hydrogen-bond donors (Lipinski definition) is 1. The molecule has 0 spiro atoms. The first-order valence-corrected chi connectivity index (χ1v) is 9.19. The maximum Gasteiger partial charge on any atom is 0.416 e. The number of halogens is 3. The smallest absolute Gasteiger partial charge is 0.416 e. The highest BCUT2D eigenvalue weighted by Crippen LogP contribution is 2.31. The molecule has 31 heavy (non-hydrogen) atoms. The largest absolute Gasteiger partial charge is 0.423 e. The third-order valence-corrected chi connectivity index (χ3v) is 4.35. The van der Waals surface area contributed by atoms with Crippen LogP contribution in [0.3, 0.4) is 0 Å². The van der Waals surface area contributed by atoms with Gasteiger partial charge in [0, 0.05) is 23.5 Å². The molecular formula is C22H16F3N3O3. The second kappa shape index (κ2) is 8.39. The van der Waals surface area contributed by atoms with E-state index in [1.165, 1.54) is 30.6 Å². The van der Waals surface area contributed by atoms with Crippen molar-refractivity contribution in [2.24, 2.45) is 0 Å². The average molecular weight is 427 g/mol. The molecule has 4 rings (SSSR count). The molecule has 2 aromatic carbocycles. The molecule has 0 aliphatic carbocycles. The Balaban J connectivity index is 1.42. The van der Waals surface area contributed by atoms with Crippen molar-refractivity contribution in [3.63, 3.8) is 0 Å². The van der Waals surface area contributed by atoms with Gasteiger partial charge in [0.1, 0.15) is 6.61 Å². The molecule has 4 aromatic rings. The van der Waals surface area contributed by atoms with Gasteiger partial charge >= 0.3 is 6.18 Å². The molecule has 158 valence electrons. The van der Waals surface area contributed by atoms with E-state index >= 15 is 0 Å². The van der Waals surface area contributed by atoms with Gasteiger partial charge in [-0.3, -0.25) is 4.79 Å². The Morgan fingerprint density at radius 3 is 2.45 bits per heavy atom. The minimum Gasteiger partial charge on any atom is -0.423 e. The lowest BCUT2D eigenvalue weighted by Crippen LogP contribution is -2.25. The number of rotatable bonds is 6. The third kappa shape index (κ3) is 4.95. The van der Waals surface area contributed by atoms with Gasteiger partial charge in [0.15, 0.2) is 5.76 Å². The summed E-state index contributed by atoms with van der Waals surface area (Å²) in [4.78, 5) is 21.8. The molecule has 2 aromatic heterocycles. The van der Waals surface area contributed by atoms with Crippen LogP contribution in [0.25, 0.3) is 11.3 Å². The monoisotopic (exact) mass is 427 g/mol. The quantitative estimate of drug-likeness (QED) is 0.474. The Labute approximate surface area is 174 Å². The van der Waals surface area contributed by atoms with Crippen LogP contribution in [0.15, 0.2) is 88.3 Å². The minimum absolute atomic E-state index is 0.0947. The number of aromatic nitrogens is 2. The van der Waals surface area contributed by atoms with Gasteiger partial charge in [0.2, 0.25) is 0 Å². The normalized spacial score (nSPS) is 11.3. The minimum atomic E-state index is -4.41. The summed E-state index contributed by atoms with van der Waals surface area (Å²) < 4.78 is 44.7. The molecule has 0 atom stereocenters. The van der Waals surface area contributed by atoms with Crippen LogP contribution in [0.1, 0.15) is 11.1 Å². The Morgan fingerprint density at radius 1 is 1.03 bits per heavy atom. The number of nitrogens with zero attached hydrogens (tertiary/aromatic N) is 2. The Kier molecular flexibility index (Phi) is 5.48. The fourth-order valence-electron chi connectivity index (χ4n) is 2.78. The van der Waals surface area contributed by atoms with E-state index in [-0.39, 0.29) is 18.4 Å². The van der Waals surface area contributed by atoms with Gasteiger partial charge in [0.05, 0.1) is 11.8 Å². The second-order valence-corrected chi connectivity index (χ2v) is 6.57. The molecule has 1 N–H and O–H groups in total. The highest BCUT2D eigenvalue weighted by Gasteiger charge is 2.30. The predicted octanol–water partition coefficient (Wildman–Crippen LogP) is 4.89. The van der Waals surface area contributed by atoms with Crippen LogP contribution in [-0.2, 0) is 12.8 Å². The third-order valence-electron chi connectivity index (χ3n) is 4.35. The zero-order valence-corrected chi connectivity index (χ0v) is 16.0. The molecule has 0 aliphatic rings. The number of anilines is 2. The van der Waals surface area contributed by atoms with Gasteiger partial charge < -0.3 is 14.6 Å². The van der Waals surface area contributed by atoms with Crippen molar-refractivity contribution in [3.05, 3.63) is 101 Å². The number of nitrogens with one attached hydrogen (secondary N) is 1. The highest BCUT2D eigenvalue weighted by atomic mass is 19.4. The summed E-state index contributed by atoms with van der Waals surface area (Å²) in [7, 11) is 0. The van der Waals surface area contributed by atoms with E-state index in [9.17, 15) is 18.0 Å². The molecule has 0 radical (unpaired) electrons. The molecule has 0 amide bonds. The van der Waals surface area contributed by atoms with E-state index in [2.05, 4.69) is 10.3 Å². The van der Waals surface area contributed by atoms with Crippen molar-refractivity contribution in [1.82, 2.24) is 9.71 Å². The first-order chi connectivity index (χ1) is 14.9. The SMILES string of the molecule is O=c1cc(Nc2ncc(-c3ccc(C(F)(F)F)cc3)o2)ccn1OCc1ccccc1. The molecule has 0 saturated carbocycles. The van der Waals surface area contributed by atoms with Crippen LogP contribution < -0.4 is 15.7 Å². The molecule has 6 nitrogen and oxygen atoms in total. The lowest BCUT2D eigenvalue weighted by atomic mass is 10.1. The maximum atomic E-state index is 12.7. The fraction of sp³-hybridized carbons (Fsp3) is 0.0909. The molecule has 9 heteroatoms. The van der Waals surface area contributed by atoms with Crippen LogP contribution >= 0.6 is 0 Å². The van der Waals surface area contributed by atoms with Crippen LogP contribution in [0.2, 0.25) is 0 Å². The van der Waals surface area contributed by atoms with Crippen LogP contribution in [0, 0.1) is 0 Å². The molecule has 0 fully saturated rings. The number of hydrogen-bond acceptors (Lipinski definition) is 5. The van der Waals surface area contributed by atoms with E-state index in [1.807, 2.05) is 30.3 Å². The van der Waals surface area contributed by atoms with E-state index < -0.39 is 17.3 Å². The predicted molar refractivity (Wildman–Crippen MR) is 108 cm³/mol. The van der Waals surface area contributed by atoms with E-state index in [1.54, 1.807) is 6.07 Å². The first-order valence-electron chi connectivity index (χ1n) is 9.19. The topological polar surface area (TPSA) is 69.3 Å². The van der Waals surface area contributed by atoms with Gasteiger partial charge in [-0.05, 0) is 23.8 Å². The van der Waals surface area contributed by atoms with Gasteiger partial charge in [0.25, 0.3) is 11.6 Å². The summed E-state index contributed by atoms with van der Waals surface area (Å²) in [5.41, 5.74) is 0.649. The van der Waals surface area contributed by atoms with E-state index in [0.29, 0.717) is 11.3 Å². The van der Waals surface area contributed by atoms with Gasteiger partial charge in [-0.1, -0.05) is 42.5 Å². The zero-order valence-electron chi connectivity index (χ0n) is 16.0. The summed E-state index contributed by atoms with van der Waals surface area (Å²) in [5.74, 6) is 0.288. The van der Waals surface area contributed by atoms with Crippen LogP contribution in [0.4, 0.5) is 24.9 Å². The van der Waals surface area contributed by atoms with E-state index in [4.69, 9.17) is 9.25 Å². The van der Waals surface area contributed by atoms with Gasteiger partial charge in [-0.2, -0.15) is 17.9 Å². The summed E-state index contributed by atoms with van der Waals surface area (Å²) in [5, 5.41) is 2.84. The van der Waals surface area contributed by atoms with Crippen molar-refractivity contribution in [3.8, 4) is 11.3 Å².